The second-order valence-corrected chi connectivity index (χ2v) is 5.91. The molecule has 0 saturated heterocycles. The first-order chi connectivity index (χ1) is 12.1. The van der Waals surface area contributed by atoms with Gasteiger partial charge in [0.1, 0.15) is 17.1 Å². The van der Waals surface area contributed by atoms with Crippen molar-refractivity contribution in [3.8, 4) is 5.75 Å². The largest absolute Gasteiger partial charge is 0.461 e. The van der Waals surface area contributed by atoms with E-state index in [9.17, 15) is 9.59 Å². The molecular weight excluding hydrogens is 386 g/mol. The Hall–Kier alpha value is -2.73. The lowest BCUT2D eigenvalue weighted by atomic mass is 10.1. The van der Waals surface area contributed by atoms with E-state index < -0.39 is 11.9 Å². The Morgan fingerprint density at radius 2 is 1.68 bits per heavy atom. The van der Waals surface area contributed by atoms with Crippen LogP contribution >= 0.6 is 15.9 Å². The monoisotopic (exact) mass is 399 g/mol. The van der Waals surface area contributed by atoms with Gasteiger partial charge in [-0.25, -0.2) is 14.6 Å². The first-order valence-corrected chi connectivity index (χ1v) is 8.43. The summed E-state index contributed by atoms with van der Waals surface area (Å²) in [6.45, 7) is 1.94. The van der Waals surface area contributed by atoms with Crippen LogP contribution in [-0.2, 0) is 4.74 Å². The van der Waals surface area contributed by atoms with E-state index in [0.717, 1.165) is 10.8 Å². The molecule has 25 heavy (non-hydrogen) atoms. The maximum Gasteiger partial charge on any atom is 0.362 e. The molecule has 0 saturated carbocycles. The first kappa shape index (κ1) is 17.1. The zero-order chi connectivity index (χ0) is 17.8. The van der Waals surface area contributed by atoms with E-state index in [4.69, 9.17) is 9.47 Å². The number of ether oxygens (including phenoxy) is 2. The highest BCUT2D eigenvalue weighted by Gasteiger charge is 2.16. The number of benzene rings is 2. The molecule has 0 aliphatic carbocycles. The van der Waals surface area contributed by atoms with Gasteiger partial charge in [-0.2, -0.15) is 0 Å². The summed E-state index contributed by atoms with van der Waals surface area (Å²) in [5.74, 6) is -0.849. The Labute approximate surface area is 152 Å². The summed E-state index contributed by atoms with van der Waals surface area (Å²) in [5, 5.41) is 1.96. The average molecular weight is 400 g/mol. The summed E-state index contributed by atoms with van der Waals surface area (Å²) >= 11 is 3.47. The first-order valence-electron chi connectivity index (χ1n) is 7.63. The van der Waals surface area contributed by atoms with Crippen LogP contribution in [-0.4, -0.2) is 23.5 Å². The smallest absolute Gasteiger partial charge is 0.362 e. The number of hydrogen-bond acceptors (Lipinski definition) is 5. The van der Waals surface area contributed by atoms with E-state index in [1.54, 1.807) is 19.1 Å². The molecule has 3 rings (SSSR count). The number of hydrogen-bond donors (Lipinski definition) is 0. The third kappa shape index (κ3) is 3.69. The summed E-state index contributed by atoms with van der Waals surface area (Å²) in [6.07, 6.45) is 0. The van der Waals surface area contributed by atoms with Crippen molar-refractivity contribution in [1.82, 2.24) is 4.98 Å². The summed E-state index contributed by atoms with van der Waals surface area (Å²) in [4.78, 5) is 28.1. The lowest BCUT2D eigenvalue weighted by Crippen LogP contribution is -2.14. The van der Waals surface area contributed by atoms with Crippen LogP contribution in [0, 0.1) is 0 Å². The zero-order valence-electron chi connectivity index (χ0n) is 13.4. The molecule has 0 spiro atoms. The van der Waals surface area contributed by atoms with E-state index in [0.29, 0.717) is 10.2 Å². The molecule has 0 bridgehead atoms. The van der Waals surface area contributed by atoms with Crippen LogP contribution in [0.15, 0.2) is 59.1 Å². The number of aromatic nitrogens is 1. The van der Waals surface area contributed by atoms with E-state index in [-0.39, 0.29) is 18.0 Å². The van der Waals surface area contributed by atoms with Crippen LogP contribution in [0.1, 0.15) is 27.9 Å². The molecule has 2 aromatic carbocycles. The van der Waals surface area contributed by atoms with Crippen LogP contribution in [0.5, 0.6) is 5.75 Å². The quantitative estimate of drug-likeness (QED) is 0.480. The molecule has 0 N–H and O–H groups in total. The van der Waals surface area contributed by atoms with E-state index in [1.807, 2.05) is 30.3 Å². The van der Waals surface area contributed by atoms with Gasteiger partial charge in [-0.05, 0) is 51.8 Å². The molecule has 0 fully saturated rings. The van der Waals surface area contributed by atoms with Gasteiger partial charge in [0.15, 0.2) is 0 Å². The highest BCUT2D eigenvalue weighted by atomic mass is 79.9. The van der Waals surface area contributed by atoms with Crippen LogP contribution in [0.25, 0.3) is 10.8 Å². The molecule has 0 atom stereocenters. The number of rotatable bonds is 4. The molecule has 0 aliphatic heterocycles. The molecule has 0 unspecified atom stereocenters. The van der Waals surface area contributed by atoms with Gasteiger partial charge in [0.05, 0.1) is 11.1 Å². The molecule has 1 aromatic heterocycles. The lowest BCUT2D eigenvalue weighted by molar-refractivity contribution is 0.0519. The van der Waals surface area contributed by atoms with Crippen molar-refractivity contribution in [2.24, 2.45) is 0 Å². The van der Waals surface area contributed by atoms with Gasteiger partial charge in [0, 0.05) is 0 Å². The van der Waals surface area contributed by atoms with E-state index in [2.05, 4.69) is 20.9 Å². The van der Waals surface area contributed by atoms with Crippen molar-refractivity contribution < 1.29 is 19.1 Å². The number of esters is 2. The van der Waals surface area contributed by atoms with Crippen molar-refractivity contribution in [1.29, 1.82) is 0 Å². The van der Waals surface area contributed by atoms with Crippen molar-refractivity contribution in [2.45, 2.75) is 6.92 Å². The van der Waals surface area contributed by atoms with Gasteiger partial charge in [0.2, 0.25) is 0 Å². The van der Waals surface area contributed by atoms with Crippen LogP contribution in [0.4, 0.5) is 0 Å². The maximum absolute atomic E-state index is 12.4. The van der Waals surface area contributed by atoms with Gasteiger partial charge in [-0.15, -0.1) is 0 Å². The Morgan fingerprint density at radius 1 is 0.960 bits per heavy atom. The Balaban J connectivity index is 1.87. The summed E-state index contributed by atoms with van der Waals surface area (Å²) in [5.41, 5.74) is 0.0967. The molecule has 126 valence electrons. The summed E-state index contributed by atoms with van der Waals surface area (Å²) in [6, 6.07) is 15.8. The van der Waals surface area contributed by atoms with Crippen LogP contribution in [0.3, 0.4) is 0 Å². The Morgan fingerprint density at radius 3 is 2.44 bits per heavy atom. The molecule has 0 amide bonds. The minimum absolute atomic E-state index is 0.0330. The molecular formula is C19H14BrNO4. The van der Waals surface area contributed by atoms with Gasteiger partial charge >= 0.3 is 11.9 Å². The van der Waals surface area contributed by atoms with Gasteiger partial charge in [-0.3, -0.25) is 0 Å². The normalized spacial score (nSPS) is 10.5. The number of halogens is 1. The number of nitrogens with zero attached hydrogens (tertiary/aromatic N) is 1. The third-order valence-corrected chi connectivity index (χ3v) is 4.29. The molecule has 3 aromatic rings. The van der Waals surface area contributed by atoms with Gasteiger partial charge < -0.3 is 9.47 Å². The second kappa shape index (κ2) is 7.44. The minimum atomic E-state index is -0.651. The van der Waals surface area contributed by atoms with Crippen molar-refractivity contribution in [3.05, 3.63) is 70.5 Å². The highest BCUT2D eigenvalue weighted by molar-refractivity contribution is 9.10. The SMILES string of the molecule is CCOC(=O)c1cccc(C(=O)Oc2ccc3ccccc3c2Br)n1. The van der Waals surface area contributed by atoms with Gasteiger partial charge in [-0.1, -0.05) is 36.4 Å². The second-order valence-electron chi connectivity index (χ2n) is 5.12. The fraction of sp³-hybridized carbons (Fsp3) is 0.105. The molecule has 5 nitrogen and oxygen atoms in total. The maximum atomic E-state index is 12.4. The van der Waals surface area contributed by atoms with E-state index >= 15 is 0 Å². The predicted octanol–water partition coefficient (Wildman–Crippen LogP) is 4.39. The van der Waals surface area contributed by atoms with Crippen molar-refractivity contribution >= 4 is 38.6 Å². The van der Waals surface area contributed by atoms with Crippen molar-refractivity contribution in [2.75, 3.05) is 6.61 Å². The molecule has 6 heteroatoms. The number of carbonyl (C=O) groups excluding carboxylic acids is 2. The standard InChI is InChI=1S/C19H14BrNO4/c1-2-24-18(22)14-8-5-9-15(21-14)19(23)25-16-11-10-12-6-3-4-7-13(12)17(16)20/h3-11H,2H2,1H3. The highest BCUT2D eigenvalue weighted by Crippen LogP contribution is 2.33. The van der Waals surface area contributed by atoms with Crippen LogP contribution in [0.2, 0.25) is 0 Å². The minimum Gasteiger partial charge on any atom is -0.461 e. The topological polar surface area (TPSA) is 65.5 Å². The predicted molar refractivity (Wildman–Crippen MR) is 96.8 cm³/mol. The molecule has 0 aliphatic rings. The van der Waals surface area contributed by atoms with Crippen molar-refractivity contribution in [3.63, 3.8) is 0 Å². The molecule has 1 heterocycles. The fourth-order valence-electron chi connectivity index (χ4n) is 2.31. The fourth-order valence-corrected chi connectivity index (χ4v) is 2.89. The number of pyridine rings is 1. The molecule has 0 radical (unpaired) electrons. The summed E-state index contributed by atoms with van der Waals surface area (Å²) < 4.78 is 11.0. The lowest BCUT2D eigenvalue weighted by Gasteiger charge is -2.09. The summed E-state index contributed by atoms with van der Waals surface area (Å²) in [7, 11) is 0. The Bertz CT molecular complexity index is 955. The van der Waals surface area contributed by atoms with Crippen LogP contribution < -0.4 is 4.74 Å². The third-order valence-electron chi connectivity index (χ3n) is 3.47. The number of carbonyl (C=O) groups is 2. The van der Waals surface area contributed by atoms with E-state index in [1.165, 1.54) is 12.1 Å². The zero-order valence-corrected chi connectivity index (χ0v) is 14.9. The van der Waals surface area contributed by atoms with Gasteiger partial charge in [0.25, 0.3) is 0 Å². The average Bonchev–Trinajstić information content (AvgIpc) is 2.64. The number of fused-ring (bicyclic) bond motifs is 1. The Kier molecular flexibility index (Phi) is 5.09.